The summed E-state index contributed by atoms with van der Waals surface area (Å²) in [7, 11) is 0. The summed E-state index contributed by atoms with van der Waals surface area (Å²) >= 11 is 0. The molecule has 0 radical (unpaired) electrons. The van der Waals surface area contributed by atoms with Crippen molar-refractivity contribution in [1.29, 1.82) is 0 Å². The molecular weight excluding hydrogens is 326 g/mol. The quantitative estimate of drug-likeness (QED) is 0.314. The zero-order chi connectivity index (χ0) is 20.3. The van der Waals surface area contributed by atoms with Crippen LogP contribution in [-0.2, 0) is 4.79 Å². The number of unbranched alkanes of at least 4 members (excludes halogenated alkanes) is 11. The molecule has 0 fully saturated rings. The zero-order valence-electron chi connectivity index (χ0n) is 18.2. The average molecular weight is 374 g/mol. The number of hydrogen-bond acceptors (Lipinski definition) is 3. The Bertz CT molecular complexity index is 305. The van der Waals surface area contributed by atoms with Crippen molar-refractivity contribution >= 4 is 5.97 Å². The highest BCUT2D eigenvalue weighted by molar-refractivity contribution is 5.71. The van der Waals surface area contributed by atoms with Gasteiger partial charge in [-0.15, -0.1) is 0 Å². The van der Waals surface area contributed by atoms with Crippen molar-refractivity contribution in [1.82, 2.24) is 0 Å². The van der Waals surface area contributed by atoms with Crippen LogP contribution in [0.5, 0.6) is 0 Å². The number of hydrogen-bond donors (Lipinski definition) is 2. The van der Waals surface area contributed by atoms with E-state index in [2.05, 4.69) is 19.6 Å². The SMILES string of the molecule is CC([NH3+])O.CCCCCCCCCC(C)(CCCCCCCC)C(=O)[O-]. The molecule has 0 spiro atoms. The number of carbonyl (C=O) groups excluding carboxylic acids is 1. The second kappa shape index (κ2) is 19.2. The number of carboxylic acids is 1. The minimum Gasteiger partial charge on any atom is -0.550 e. The number of rotatable bonds is 16. The summed E-state index contributed by atoms with van der Waals surface area (Å²) in [6.07, 6.45) is 17.1. The zero-order valence-corrected chi connectivity index (χ0v) is 18.2. The monoisotopic (exact) mass is 373 g/mol. The van der Waals surface area contributed by atoms with Crippen LogP contribution in [0.2, 0.25) is 0 Å². The van der Waals surface area contributed by atoms with Gasteiger partial charge in [0.2, 0.25) is 0 Å². The van der Waals surface area contributed by atoms with Crippen LogP contribution >= 0.6 is 0 Å². The standard InChI is InChI=1S/C20H40O2.C2H7NO/c1-4-6-8-10-12-14-16-18-20(3,19(21)22)17-15-13-11-9-7-5-2;1-2(3)4/h4-18H2,1-3H3,(H,21,22);2,4H,3H2,1H3. The van der Waals surface area contributed by atoms with Gasteiger partial charge < -0.3 is 20.7 Å². The van der Waals surface area contributed by atoms with Gasteiger partial charge in [0, 0.05) is 18.3 Å². The lowest BCUT2D eigenvalue weighted by Crippen LogP contribution is -2.58. The molecule has 4 N–H and O–H groups in total. The molecule has 0 aromatic rings. The van der Waals surface area contributed by atoms with Crippen molar-refractivity contribution in [2.45, 2.75) is 130 Å². The number of aliphatic hydroxyl groups is 1. The van der Waals surface area contributed by atoms with E-state index in [4.69, 9.17) is 5.11 Å². The molecule has 2 atom stereocenters. The Hall–Kier alpha value is -0.610. The van der Waals surface area contributed by atoms with E-state index in [-0.39, 0.29) is 0 Å². The highest BCUT2D eigenvalue weighted by Crippen LogP contribution is 2.31. The third-order valence-electron chi connectivity index (χ3n) is 4.91. The topological polar surface area (TPSA) is 88.0 Å². The maximum absolute atomic E-state index is 11.5. The van der Waals surface area contributed by atoms with E-state index < -0.39 is 17.6 Å². The number of aliphatic hydroxyl groups excluding tert-OH is 1. The molecule has 26 heavy (non-hydrogen) atoms. The molecule has 0 heterocycles. The van der Waals surface area contributed by atoms with Crippen LogP contribution in [0.4, 0.5) is 0 Å². The molecule has 0 aromatic carbocycles. The highest BCUT2D eigenvalue weighted by Gasteiger charge is 2.24. The number of carboxylic acid groups (broad SMARTS) is 1. The van der Waals surface area contributed by atoms with E-state index in [0.717, 1.165) is 25.7 Å². The predicted octanol–water partition coefficient (Wildman–Crippen LogP) is 4.20. The van der Waals surface area contributed by atoms with E-state index in [9.17, 15) is 9.90 Å². The Balaban J connectivity index is 0. The van der Waals surface area contributed by atoms with Crippen LogP contribution in [0.25, 0.3) is 0 Å². The molecule has 0 aliphatic carbocycles. The third kappa shape index (κ3) is 19.7. The largest absolute Gasteiger partial charge is 0.550 e. The third-order valence-corrected chi connectivity index (χ3v) is 4.91. The predicted molar refractivity (Wildman–Crippen MR) is 108 cm³/mol. The van der Waals surface area contributed by atoms with Crippen molar-refractivity contribution in [3.63, 3.8) is 0 Å². The first-order valence-electron chi connectivity index (χ1n) is 11.0. The summed E-state index contributed by atoms with van der Waals surface area (Å²) in [6, 6.07) is 0. The van der Waals surface area contributed by atoms with Crippen molar-refractivity contribution in [2.24, 2.45) is 5.41 Å². The first-order chi connectivity index (χ1) is 12.3. The van der Waals surface area contributed by atoms with Crippen molar-refractivity contribution < 1.29 is 20.7 Å². The molecule has 0 aliphatic rings. The van der Waals surface area contributed by atoms with E-state index >= 15 is 0 Å². The van der Waals surface area contributed by atoms with Crippen LogP contribution in [-0.4, -0.2) is 17.3 Å². The average Bonchev–Trinajstić information content (AvgIpc) is 2.56. The second-order valence-corrected chi connectivity index (χ2v) is 8.09. The molecule has 158 valence electrons. The lowest BCUT2D eigenvalue weighted by atomic mass is 9.80. The molecule has 0 rings (SSSR count). The summed E-state index contributed by atoms with van der Waals surface area (Å²) in [5, 5.41) is 19.4. The summed E-state index contributed by atoms with van der Waals surface area (Å²) < 4.78 is 0. The fourth-order valence-corrected chi connectivity index (χ4v) is 3.10. The normalized spacial score (nSPS) is 14.2. The van der Waals surface area contributed by atoms with Crippen molar-refractivity contribution in [2.75, 3.05) is 0 Å². The van der Waals surface area contributed by atoms with E-state index in [1.807, 2.05) is 6.92 Å². The molecule has 4 heteroatoms. The van der Waals surface area contributed by atoms with Gasteiger partial charge in [-0.25, -0.2) is 0 Å². The van der Waals surface area contributed by atoms with E-state index in [1.165, 1.54) is 70.6 Å². The van der Waals surface area contributed by atoms with Crippen LogP contribution in [0.1, 0.15) is 124 Å². The van der Waals surface area contributed by atoms with Crippen molar-refractivity contribution in [3.8, 4) is 0 Å². The van der Waals surface area contributed by atoms with Gasteiger partial charge >= 0.3 is 0 Å². The van der Waals surface area contributed by atoms with Gasteiger partial charge in [-0.2, -0.15) is 0 Å². The molecule has 2 unspecified atom stereocenters. The lowest BCUT2D eigenvalue weighted by Gasteiger charge is -2.31. The van der Waals surface area contributed by atoms with Gasteiger partial charge in [0.25, 0.3) is 0 Å². The number of carbonyl (C=O) groups is 1. The first kappa shape index (κ1) is 27.6. The molecule has 0 amide bonds. The minimum atomic E-state index is -0.841. The lowest BCUT2D eigenvalue weighted by molar-refractivity contribution is -0.475. The smallest absolute Gasteiger partial charge is 0.182 e. The molecule has 0 bridgehead atoms. The van der Waals surface area contributed by atoms with Gasteiger partial charge in [0.1, 0.15) is 0 Å². The van der Waals surface area contributed by atoms with Gasteiger partial charge in [0.05, 0.1) is 0 Å². The Kier molecular flexibility index (Phi) is 20.3. The van der Waals surface area contributed by atoms with E-state index in [0.29, 0.717) is 0 Å². The molecule has 0 aliphatic heterocycles. The summed E-state index contributed by atoms with van der Waals surface area (Å²) in [6.45, 7) is 7.95. The van der Waals surface area contributed by atoms with Gasteiger partial charge in [-0.3, -0.25) is 0 Å². The van der Waals surface area contributed by atoms with Crippen molar-refractivity contribution in [3.05, 3.63) is 0 Å². The molecule has 0 saturated carbocycles. The van der Waals surface area contributed by atoms with Gasteiger partial charge in [-0.1, -0.05) is 104 Å². The summed E-state index contributed by atoms with van der Waals surface area (Å²) in [4.78, 5) is 11.5. The highest BCUT2D eigenvalue weighted by atomic mass is 16.4. The maximum atomic E-state index is 11.5. The molecule has 4 nitrogen and oxygen atoms in total. The summed E-state index contributed by atoms with van der Waals surface area (Å²) in [5.41, 5.74) is 2.59. The Morgan fingerprint density at radius 1 is 0.846 bits per heavy atom. The summed E-state index contributed by atoms with van der Waals surface area (Å²) in [5.74, 6) is -0.841. The van der Waals surface area contributed by atoms with Crippen LogP contribution in [0.3, 0.4) is 0 Å². The minimum absolute atomic E-state index is 0.417. The Labute approximate surface area is 162 Å². The molecule has 0 saturated heterocycles. The molecular formula is C22H47NO3. The van der Waals surface area contributed by atoms with Gasteiger partial charge in [0.15, 0.2) is 6.23 Å². The fraction of sp³-hybridized carbons (Fsp3) is 0.955. The number of quaternary nitrogens is 1. The van der Waals surface area contributed by atoms with E-state index in [1.54, 1.807) is 6.92 Å². The number of aliphatic carboxylic acids is 1. The first-order valence-corrected chi connectivity index (χ1v) is 11.0. The Morgan fingerprint density at radius 2 is 1.12 bits per heavy atom. The van der Waals surface area contributed by atoms with Crippen LogP contribution in [0.15, 0.2) is 0 Å². The maximum Gasteiger partial charge on any atom is 0.182 e. The van der Waals surface area contributed by atoms with Crippen LogP contribution < -0.4 is 10.8 Å². The molecule has 0 aromatic heterocycles. The van der Waals surface area contributed by atoms with Gasteiger partial charge in [-0.05, 0) is 12.8 Å². The second-order valence-electron chi connectivity index (χ2n) is 8.09. The van der Waals surface area contributed by atoms with Crippen LogP contribution in [0, 0.1) is 5.41 Å². The fourth-order valence-electron chi connectivity index (χ4n) is 3.10. The Morgan fingerprint density at radius 3 is 1.38 bits per heavy atom.